The van der Waals surface area contributed by atoms with Gasteiger partial charge in [-0.1, -0.05) is 36.4 Å². The first kappa shape index (κ1) is 21.1. The molecular weight excluding hydrogens is 408 g/mol. The summed E-state index contributed by atoms with van der Waals surface area (Å²) in [5.74, 6) is -0.473. The molecule has 0 saturated carbocycles. The van der Waals surface area contributed by atoms with Crippen LogP contribution in [0.3, 0.4) is 0 Å². The molecule has 0 unspecified atom stereocenters. The van der Waals surface area contributed by atoms with E-state index >= 15 is 0 Å². The maximum absolute atomic E-state index is 12.1. The molecule has 1 aromatic heterocycles. The largest absolute Gasteiger partial charge is 0.369 e. The maximum Gasteiger partial charge on any atom is 0.261 e. The Morgan fingerprint density at radius 1 is 0.871 bits per heavy atom. The second-order valence-electron chi connectivity index (χ2n) is 7.50. The van der Waals surface area contributed by atoms with Crippen LogP contribution in [0.4, 0.5) is 11.4 Å². The van der Waals surface area contributed by atoms with Crippen LogP contribution >= 0.6 is 11.3 Å². The van der Waals surface area contributed by atoms with E-state index in [4.69, 9.17) is 0 Å². The third-order valence-corrected chi connectivity index (χ3v) is 6.16. The summed E-state index contributed by atoms with van der Waals surface area (Å²) in [6, 6.07) is 22.0. The fourth-order valence-corrected chi connectivity index (χ4v) is 4.26. The number of anilines is 2. The van der Waals surface area contributed by atoms with Crippen molar-refractivity contribution in [3.8, 4) is 0 Å². The summed E-state index contributed by atoms with van der Waals surface area (Å²) in [6.07, 6.45) is 0. The summed E-state index contributed by atoms with van der Waals surface area (Å²) >= 11 is 1.35. The van der Waals surface area contributed by atoms with Gasteiger partial charge in [0.2, 0.25) is 5.91 Å². The molecule has 0 radical (unpaired) electrons. The lowest BCUT2D eigenvalue weighted by atomic mass is 10.2. The second kappa shape index (κ2) is 10.2. The Hall–Kier alpha value is -3.16. The standard InChI is InChI=1S/C24H26N4O2S/c29-23(17-25-24(30)22-7-4-16-31-22)26-20-8-10-21(11-9-20)28-14-12-27(13-15-28)18-19-5-2-1-3-6-19/h1-11,16H,12-15,17-18H2,(H,25,30)(H,26,29). The van der Waals surface area contributed by atoms with Gasteiger partial charge in [-0.15, -0.1) is 11.3 Å². The number of piperazine rings is 1. The zero-order valence-electron chi connectivity index (χ0n) is 17.3. The minimum absolute atomic E-state index is 0.0537. The van der Waals surface area contributed by atoms with Gasteiger partial charge in [-0.3, -0.25) is 14.5 Å². The van der Waals surface area contributed by atoms with Crippen LogP contribution in [0.15, 0.2) is 72.1 Å². The highest BCUT2D eigenvalue weighted by atomic mass is 32.1. The number of hydrogen-bond acceptors (Lipinski definition) is 5. The molecule has 0 atom stereocenters. The molecule has 31 heavy (non-hydrogen) atoms. The van der Waals surface area contributed by atoms with Crippen LogP contribution in [0.2, 0.25) is 0 Å². The van der Waals surface area contributed by atoms with Crippen molar-refractivity contribution in [1.29, 1.82) is 0 Å². The molecule has 2 amide bonds. The van der Waals surface area contributed by atoms with E-state index in [1.165, 1.54) is 16.9 Å². The Kier molecular flexibility index (Phi) is 6.96. The number of carbonyl (C=O) groups is 2. The fourth-order valence-electron chi connectivity index (χ4n) is 3.62. The zero-order chi connectivity index (χ0) is 21.5. The van der Waals surface area contributed by atoms with Gasteiger partial charge < -0.3 is 15.5 Å². The monoisotopic (exact) mass is 434 g/mol. The molecule has 1 saturated heterocycles. The summed E-state index contributed by atoms with van der Waals surface area (Å²) in [5.41, 5.74) is 3.23. The Bertz CT molecular complexity index is 982. The quantitative estimate of drug-likeness (QED) is 0.598. The SMILES string of the molecule is O=C(CNC(=O)c1cccs1)Nc1ccc(N2CCN(Cc3ccccc3)CC2)cc1. The second-order valence-corrected chi connectivity index (χ2v) is 8.45. The van der Waals surface area contributed by atoms with Crippen molar-refractivity contribution in [1.82, 2.24) is 10.2 Å². The van der Waals surface area contributed by atoms with Crippen LogP contribution in [-0.2, 0) is 11.3 Å². The molecule has 4 rings (SSSR count). The molecular formula is C24H26N4O2S. The molecule has 1 aliphatic rings. The van der Waals surface area contributed by atoms with Crippen molar-refractivity contribution in [2.45, 2.75) is 6.54 Å². The van der Waals surface area contributed by atoms with Crippen LogP contribution in [-0.4, -0.2) is 49.4 Å². The highest BCUT2D eigenvalue weighted by Crippen LogP contribution is 2.20. The van der Waals surface area contributed by atoms with Crippen LogP contribution in [0.5, 0.6) is 0 Å². The number of benzene rings is 2. The van der Waals surface area contributed by atoms with Crippen molar-refractivity contribution in [3.63, 3.8) is 0 Å². The molecule has 2 N–H and O–H groups in total. The summed E-state index contributed by atoms with van der Waals surface area (Å²) in [7, 11) is 0. The molecule has 6 nitrogen and oxygen atoms in total. The molecule has 1 aliphatic heterocycles. The average molecular weight is 435 g/mol. The number of carbonyl (C=O) groups excluding carboxylic acids is 2. The van der Waals surface area contributed by atoms with E-state index in [0.29, 0.717) is 4.88 Å². The predicted molar refractivity (Wildman–Crippen MR) is 126 cm³/mol. The van der Waals surface area contributed by atoms with Gasteiger partial charge >= 0.3 is 0 Å². The van der Waals surface area contributed by atoms with Crippen molar-refractivity contribution >= 4 is 34.5 Å². The Morgan fingerprint density at radius 3 is 2.29 bits per heavy atom. The highest BCUT2D eigenvalue weighted by molar-refractivity contribution is 7.12. The Labute approximate surface area is 186 Å². The normalized spacial score (nSPS) is 14.3. The number of nitrogens with zero attached hydrogens (tertiary/aromatic N) is 2. The van der Waals surface area contributed by atoms with Crippen LogP contribution in [0.25, 0.3) is 0 Å². The number of thiophene rings is 1. The molecule has 2 heterocycles. The van der Waals surface area contributed by atoms with Gasteiger partial charge in [0.1, 0.15) is 0 Å². The van der Waals surface area contributed by atoms with Gasteiger partial charge in [-0.25, -0.2) is 0 Å². The maximum atomic E-state index is 12.1. The molecule has 1 fully saturated rings. The van der Waals surface area contributed by atoms with Crippen molar-refractivity contribution in [2.24, 2.45) is 0 Å². The third-order valence-electron chi connectivity index (χ3n) is 5.29. The van der Waals surface area contributed by atoms with Crippen LogP contribution in [0, 0.1) is 0 Å². The first-order valence-corrected chi connectivity index (χ1v) is 11.3. The first-order chi connectivity index (χ1) is 15.2. The van der Waals surface area contributed by atoms with E-state index in [9.17, 15) is 9.59 Å². The van der Waals surface area contributed by atoms with Gasteiger partial charge in [0.15, 0.2) is 0 Å². The molecule has 0 bridgehead atoms. The van der Waals surface area contributed by atoms with Crippen molar-refractivity contribution < 1.29 is 9.59 Å². The van der Waals surface area contributed by atoms with E-state index in [-0.39, 0.29) is 18.4 Å². The fraction of sp³-hybridized carbons (Fsp3) is 0.250. The minimum Gasteiger partial charge on any atom is -0.369 e. The van der Waals surface area contributed by atoms with Crippen molar-refractivity contribution in [2.75, 3.05) is 42.9 Å². The van der Waals surface area contributed by atoms with Crippen LogP contribution < -0.4 is 15.5 Å². The summed E-state index contributed by atoms with van der Waals surface area (Å²) < 4.78 is 0. The van der Waals surface area contributed by atoms with Gasteiger partial charge in [0.05, 0.1) is 11.4 Å². The van der Waals surface area contributed by atoms with E-state index in [0.717, 1.165) is 44.1 Å². The topological polar surface area (TPSA) is 64.7 Å². The summed E-state index contributed by atoms with van der Waals surface area (Å²) in [4.78, 5) is 29.5. The number of hydrogen-bond donors (Lipinski definition) is 2. The molecule has 0 spiro atoms. The number of amides is 2. The number of nitrogens with one attached hydrogen (secondary N) is 2. The molecule has 2 aromatic carbocycles. The van der Waals surface area contributed by atoms with Gasteiger partial charge in [0.25, 0.3) is 5.91 Å². The van der Waals surface area contributed by atoms with Crippen LogP contribution in [0.1, 0.15) is 15.2 Å². The smallest absolute Gasteiger partial charge is 0.261 e. The number of rotatable bonds is 7. The lowest BCUT2D eigenvalue weighted by Crippen LogP contribution is -2.45. The minimum atomic E-state index is -0.243. The third kappa shape index (κ3) is 5.93. The van der Waals surface area contributed by atoms with E-state index in [1.807, 2.05) is 35.7 Å². The van der Waals surface area contributed by atoms with E-state index in [1.54, 1.807) is 6.07 Å². The Balaban J connectivity index is 1.22. The van der Waals surface area contributed by atoms with Gasteiger partial charge in [-0.2, -0.15) is 0 Å². The molecule has 160 valence electrons. The summed E-state index contributed by atoms with van der Waals surface area (Å²) in [5, 5.41) is 7.30. The Morgan fingerprint density at radius 2 is 1.61 bits per heavy atom. The average Bonchev–Trinajstić information content (AvgIpc) is 3.35. The molecule has 0 aliphatic carbocycles. The van der Waals surface area contributed by atoms with Crippen molar-refractivity contribution in [3.05, 3.63) is 82.6 Å². The molecule has 3 aromatic rings. The predicted octanol–water partition coefficient (Wildman–Crippen LogP) is 3.44. The lowest BCUT2D eigenvalue weighted by Gasteiger charge is -2.36. The van der Waals surface area contributed by atoms with Gasteiger partial charge in [0, 0.05) is 44.1 Å². The van der Waals surface area contributed by atoms with Gasteiger partial charge in [-0.05, 0) is 41.3 Å². The molecule has 7 heteroatoms. The van der Waals surface area contributed by atoms with E-state index in [2.05, 4.69) is 50.8 Å². The first-order valence-electron chi connectivity index (χ1n) is 10.4. The zero-order valence-corrected chi connectivity index (χ0v) is 18.1. The lowest BCUT2D eigenvalue weighted by molar-refractivity contribution is -0.115. The van der Waals surface area contributed by atoms with E-state index < -0.39 is 0 Å². The highest BCUT2D eigenvalue weighted by Gasteiger charge is 2.17. The summed E-state index contributed by atoms with van der Waals surface area (Å²) in [6.45, 7) is 4.94.